The summed E-state index contributed by atoms with van der Waals surface area (Å²) in [4.78, 5) is 0. The molecule has 0 spiro atoms. The average molecular weight is 274 g/mol. The standard InChI is InChI=1S/C15H22N4O/c1-5-18-8-7-12(16-18)14-13(10(2)3)15-19(17-14)9-6-11(4)20-15/h7-8,10-11H,5-6,9H2,1-4H3/t11-/m1/s1. The molecule has 5 heteroatoms. The van der Waals surface area contributed by atoms with Gasteiger partial charge in [-0.3, -0.25) is 4.68 Å². The number of hydrogen-bond acceptors (Lipinski definition) is 3. The van der Waals surface area contributed by atoms with Crippen LogP contribution >= 0.6 is 0 Å². The summed E-state index contributed by atoms with van der Waals surface area (Å²) in [5.41, 5.74) is 3.09. The van der Waals surface area contributed by atoms with Gasteiger partial charge in [0.15, 0.2) is 0 Å². The Morgan fingerprint density at radius 1 is 1.40 bits per heavy atom. The van der Waals surface area contributed by atoms with E-state index in [0.29, 0.717) is 5.92 Å². The Balaban J connectivity index is 2.10. The summed E-state index contributed by atoms with van der Waals surface area (Å²) >= 11 is 0. The van der Waals surface area contributed by atoms with Gasteiger partial charge < -0.3 is 4.74 Å². The molecular formula is C15H22N4O. The van der Waals surface area contributed by atoms with Crippen molar-refractivity contribution in [2.45, 2.75) is 59.2 Å². The van der Waals surface area contributed by atoms with Crippen molar-refractivity contribution in [3.63, 3.8) is 0 Å². The highest BCUT2D eigenvalue weighted by atomic mass is 16.5. The van der Waals surface area contributed by atoms with Crippen molar-refractivity contribution < 1.29 is 4.74 Å². The molecule has 0 unspecified atom stereocenters. The maximum Gasteiger partial charge on any atom is 0.216 e. The highest BCUT2D eigenvalue weighted by Crippen LogP contribution is 2.38. The normalized spacial score (nSPS) is 18.1. The molecule has 0 aliphatic carbocycles. The molecule has 0 fully saturated rings. The van der Waals surface area contributed by atoms with Crippen molar-refractivity contribution in [1.82, 2.24) is 19.6 Å². The van der Waals surface area contributed by atoms with Crippen LogP contribution in [-0.4, -0.2) is 25.7 Å². The van der Waals surface area contributed by atoms with E-state index in [1.807, 2.05) is 21.6 Å². The van der Waals surface area contributed by atoms with Crippen LogP contribution in [-0.2, 0) is 13.1 Å². The van der Waals surface area contributed by atoms with Crippen molar-refractivity contribution >= 4 is 0 Å². The molecule has 2 aromatic heterocycles. The van der Waals surface area contributed by atoms with Crippen molar-refractivity contribution in [1.29, 1.82) is 0 Å². The zero-order valence-electron chi connectivity index (χ0n) is 12.6. The Hall–Kier alpha value is -1.78. The molecule has 1 aliphatic heterocycles. The minimum Gasteiger partial charge on any atom is -0.475 e. The Labute approximate surface area is 119 Å². The Bertz CT molecular complexity index is 611. The molecule has 3 rings (SSSR count). The first-order valence-corrected chi connectivity index (χ1v) is 7.41. The van der Waals surface area contributed by atoms with Crippen LogP contribution in [0.3, 0.4) is 0 Å². The van der Waals surface area contributed by atoms with Crippen LogP contribution in [0.25, 0.3) is 11.4 Å². The maximum atomic E-state index is 6.03. The zero-order valence-corrected chi connectivity index (χ0v) is 12.6. The van der Waals surface area contributed by atoms with Crippen molar-refractivity contribution in [3.05, 3.63) is 17.8 Å². The summed E-state index contributed by atoms with van der Waals surface area (Å²) < 4.78 is 9.95. The molecule has 0 aromatic carbocycles. The summed E-state index contributed by atoms with van der Waals surface area (Å²) in [6, 6.07) is 2.03. The lowest BCUT2D eigenvalue weighted by Crippen LogP contribution is -2.23. The van der Waals surface area contributed by atoms with Gasteiger partial charge in [0.05, 0.1) is 6.10 Å². The minimum absolute atomic E-state index is 0.262. The second-order valence-corrected chi connectivity index (χ2v) is 5.72. The van der Waals surface area contributed by atoms with Crippen molar-refractivity contribution in [2.24, 2.45) is 0 Å². The van der Waals surface area contributed by atoms with E-state index < -0.39 is 0 Å². The molecule has 0 saturated carbocycles. The van der Waals surface area contributed by atoms with E-state index in [1.54, 1.807) is 0 Å². The topological polar surface area (TPSA) is 44.9 Å². The van der Waals surface area contributed by atoms with Gasteiger partial charge in [-0.2, -0.15) is 10.2 Å². The fourth-order valence-corrected chi connectivity index (χ4v) is 2.66. The first-order valence-electron chi connectivity index (χ1n) is 7.41. The van der Waals surface area contributed by atoms with Gasteiger partial charge in [0.2, 0.25) is 5.88 Å². The second kappa shape index (κ2) is 4.96. The van der Waals surface area contributed by atoms with Gasteiger partial charge >= 0.3 is 0 Å². The maximum absolute atomic E-state index is 6.03. The lowest BCUT2D eigenvalue weighted by Gasteiger charge is -2.23. The molecule has 3 heterocycles. The largest absolute Gasteiger partial charge is 0.475 e. The van der Waals surface area contributed by atoms with E-state index in [1.165, 1.54) is 5.56 Å². The molecule has 0 saturated heterocycles. The average Bonchev–Trinajstić information content (AvgIpc) is 3.01. The highest BCUT2D eigenvalue weighted by molar-refractivity contribution is 5.62. The van der Waals surface area contributed by atoms with Crippen LogP contribution in [0.5, 0.6) is 5.88 Å². The van der Waals surface area contributed by atoms with Gasteiger partial charge in [-0.25, -0.2) is 4.68 Å². The SMILES string of the molecule is CCn1ccc(-c2nn3c(c2C(C)C)O[C@H](C)CC3)n1. The molecule has 0 N–H and O–H groups in total. The number of aryl methyl sites for hydroxylation is 2. The first kappa shape index (κ1) is 13.2. The molecule has 1 aliphatic rings. The van der Waals surface area contributed by atoms with Gasteiger partial charge in [-0.05, 0) is 25.8 Å². The molecular weight excluding hydrogens is 252 g/mol. The third-order valence-corrected chi connectivity index (χ3v) is 3.79. The number of hydrogen-bond donors (Lipinski definition) is 0. The Kier molecular flexibility index (Phi) is 3.28. The molecule has 2 aromatic rings. The number of fused-ring (bicyclic) bond motifs is 1. The Morgan fingerprint density at radius 2 is 2.20 bits per heavy atom. The number of ether oxygens (including phenoxy) is 1. The van der Waals surface area contributed by atoms with E-state index in [-0.39, 0.29) is 6.10 Å². The van der Waals surface area contributed by atoms with E-state index in [0.717, 1.165) is 36.8 Å². The summed E-state index contributed by atoms with van der Waals surface area (Å²) in [6.45, 7) is 10.4. The van der Waals surface area contributed by atoms with E-state index in [9.17, 15) is 0 Å². The molecule has 0 bridgehead atoms. The molecule has 5 nitrogen and oxygen atoms in total. The zero-order chi connectivity index (χ0) is 14.3. The predicted octanol–water partition coefficient (Wildman–Crippen LogP) is 3.06. The lowest BCUT2D eigenvalue weighted by molar-refractivity contribution is 0.147. The van der Waals surface area contributed by atoms with Crippen LogP contribution in [0.15, 0.2) is 12.3 Å². The van der Waals surface area contributed by atoms with Crippen LogP contribution in [0.1, 0.15) is 45.6 Å². The second-order valence-electron chi connectivity index (χ2n) is 5.72. The molecule has 0 amide bonds. The highest BCUT2D eigenvalue weighted by Gasteiger charge is 2.28. The third kappa shape index (κ3) is 2.11. The fraction of sp³-hybridized carbons (Fsp3) is 0.600. The first-order chi connectivity index (χ1) is 9.60. The Morgan fingerprint density at radius 3 is 2.85 bits per heavy atom. The molecule has 0 radical (unpaired) electrons. The van der Waals surface area contributed by atoms with Gasteiger partial charge in [-0.1, -0.05) is 13.8 Å². The molecule has 1 atom stereocenters. The van der Waals surface area contributed by atoms with E-state index >= 15 is 0 Å². The summed E-state index contributed by atoms with van der Waals surface area (Å²) in [7, 11) is 0. The minimum atomic E-state index is 0.262. The molecule has 108 valence electrons. The smallest absolute Gasteiger partial charge is 0.216 e. The van der Waals surface area contributed by atoms with Crippen LogP contribution in [0.2, 0.25) is 0 Å². The summed E-state index contributed by atoms with van der Waals surface area (Å²) in [5, 5.41) is 9.33. The van der Waals surface area contributed by atoms with Gasteiger partial charge in [0.25, 0.3) is 0 Å². The van der Waals surface area contributed by atoms with Gasteiger partial charge in [-0.15, -0.1) is 0 Å². The van der Waals surface area contributed by atoms with Crippen LogP contribution in [0, 0.1) is 0 Å². The lowest BCUT2D eigenvalue weighted by atomic mass is 10.0. The predicted molar refractivity (Wildman–Crippen MR) is 77.9 cm³/mol. The number of nitrogens with zero attached hydrogens (tertiary/aromatic N) is 4. The summed E-state index contributed by atoms with van der Waals surface area (Å²) in [5.74, 6) is 1.30. The fourth-order valence-electron chi connectivity index (χ4n) is 2.66. The third-order valence-electron chi connectivity index (χ3n) is 3.79. The molecule has 20 heavy (non-hydrogen) atoms. The van der Waals surface area contributed by atoms with Crippen molar-refractivity contribution in [2.75, 3.05) is 0 Å². The number of aromatic nitrogens is 4. The van der Waals surface area contributed by atoms with Gasteiger partial charge in [0, 0.05) is 31.3 Å². The van der Waals surface area contributed by atoms with Gasteiger partial charge in [0.1, 0.15) is 11.4 Å². The number of rotatable bonds is 3. The van der Waals surface area contributed by atoms with Crippen LogP contribution < -0.4 is 4.74 Å². The quantitative estimate of drug-likeness (QED) is 0.864. The monoisotopic (exact) mass is 274 g/mol. The van der Waals surface area contributed by atoms with Crippen molar-refractivity contribution in [3.8, 4) is 17.3 Å². The van der Waals surface area contributed by atoms with E-state index in [2.05, 4.69) is 32.8 Å². The summed E-state index contributed by atoms with van der Waals surface area (Å²) in [6.07, 6.45) is 3.27. The van der Waals surface area contributed by atoms with Crippen LogP contribution in [0.4, 0.5) is 0 Å². The van der Waals surface area contributed by atoms with E-state index in [4.69, 9.17) is 9.84 Å².